The number of amides is 1. The number of aromatic nitrogens is 2. The third-order valence-corrected chi connectivity index (χ3v) is 4.19. The lowest BCUT2D eigenvalue weighted by Crippen LogP contribution is -2.37. The highest BCUT2D eigenvalue weighted by atomic mass is 16.5. The molecule has 0 aliphatic rings. The Labute approximate surface area is 149 Å². The van der Waals surface area contributed by atoms with Gasteiger partial charge in [-0.3, -0.25) is 19.1 Å². The fourth-order valence-electron chi connectivity index (χ4n) is 2.93. The molecule has 0 spiro atoms. The van der Waals surface area contributed by atoms with Crippen LogP contribution in [-0.2, 0) is 11.3 Å². The van der Waals surface area contributed by atoms with Crippen LogP contribution in [0.1, 0.15) is 18.5 Å². The maximum absolute atomic E-state index is 12.5. The van der Waals surface area contributed by atoms with Gasteiger partial charge in [0.05, 0.1) is 24.1 Å². The zero-order chi connectivity index (χ0) is 18.7. The molecular formula is C19H19N3O4. The van der Waals surface area contributed by atoms with Crippen LogP contribution in [0.2, 0.25) is 0 Å². The third-order valence-electron chi connectivity index (χ3n) is 4.19. The smallest absolute Gasteiger partial charge is 0.329 e. The number of nitrogens with one attached hydrogen (secondary N) is 2. The number of nitrogens with zero attached hydrogens (tertiary/aromatic N) is 1. The van der Waals surface area contributed by atoms with E-state index in [2.05, 4.69) is 10.3 Å². The Morgan fingerprint density at radius 1 is 1.15 bits per heavy atom. The first-order valence-corrected chi connectivity index (χ1v) is 8.15. The van der Waals surface area contributed by atoms with Gasteiger partial charge in [0.2, 0.25) is 5.91 Å². The predicted octanol–water partition coefficient (Wildman–Crippen LogP) is 1.58. The highest BCUT2D eigenvalue weighted by Gasteiger charge is 2.15. The first-order valence-electron chi connectivity index (χ1n) is 8.15. The van der Waals surface area contributed by atoms with E-state index in [1.54, 1.807) is 31.4 Å². The molecule has 1 aromatic heterocycles. The van der Waals surface area contributed by atoms with Crippen molar-refractivity contribution in [1.29, 1.82) is 0 Å². The van der Waals surface area contributed by atoms with Crippen molar-refractivity contribution in [2.45, 2.75) is 19.5 Å². The summed E-state index contributed by atoms with van der Waals surface area (Å²) in [6, 6.07) is 13.8. The molecular weight excluding hydrogens is 334 g/mol. The van der Waals surface area contributed by atoms with E-state index in [1.807, 2.05) is 31.2 Å². The van der Waals surface area contributed by atoms with Gasteiger partial charge in [-0.25, -0.2) is 4.79 Å². The molecule has 3 aromatic rings. The van der Waals surface area contributed by atoms with Crippen LogP contribution in [0.5, 0.6) is 5.75 Å². The Kier molecular flexibility index (Phi) is 4.88. The predicted molar refractivity (Wildman–Crippen MR) is 98.4 cm³/mol. The van der Waals surface area contributed by atoms with E-state index in [-0.39, 0.29) is 18.5 Å². The standard InChI is InChI=1S/C19H19N3O4/c1-12(13-7-4-6-10-16(13)26-2)20-17(23)11-22-15-9-5-3-8-14(15)18(24)21-19(22)25/h3-10,12H,11H2,1-2H3,(H,20,23)(H,21,24,25)/t12-/m1/s1. The van der Waals surface area contributed by atoms with Crippen molar-refractivity contribution < 1.29 is 9.53 Å². The number of methoxy groups -OCH3 is 1. The summed E-state index contributed by atoms with van der Waals surface area (Å²) in [5.41, 5.74) is 0.168. The zero-order valence-corrected chi connectivity index (χ0v) is 14.5. The van der Waals surface area contributed by atoms with Crippen molar-refractivity contribution >= 4 is 16.8 Å². The summed E-state index contributed by atoms with van der Waals surface area (Å²) in [5.74, 6) is 0.328. The summed E-state index contributed by atoms with van der Waals surface area (Å²) in [5, 5.41) is 3.21. The van der Waals surface area contributed by atoms with Gasteiger partial charge in [-0.15, -0.1) is 0 Å². The van der Waals surface area contributed by atoms with Crippen molar-refractivity contribution in [2.75, 3.05) is 7.11 Å². The first-order chi connectivity index (χ1) is 12.5. The van der Waals surface area contributed by atoms with Crippen LogP contribution in [0.4, 0.5) is 0 Å². The average Bonchev–Trinajstić information content (AvgIpc) is 2.65. The quantitative estimate of drug-likeness (QED) is 0.728. The molecule has 1 heterocycles. The summed E-state index contributed by atoms with van der Waals surface area (Å²) in [7, 11) is 1.57. The largest absolute Gasteiger partial charge is 0.496 e. The van der Waals surface area contributed by atoms with Crippen molar-refractivity contribution in [2.24, 2.45) is 0 Å². The van der Waals surface area contributed by atoms with Gasteiger partial charge >= 0.3 is 5.69 Å². The zero-order valence-electron chi connectivity index (χ0n) is 14.5. The number of rotatable bonds is 5. The van der Waals surface area contributed by atoms with Gasteiger partial charge in [0.1, 0.15) is 12.3 Å². The fourth-order valence-corrected chi connectivity index (χ4v) is 2.93. The van der Waals surface area contributed by atoms with Crippen molar-refractivity contribution in [3.63, 3.8) is 0 Å². The maximum Gasteiger partial charge on any atom is 0.329 e. The minimum absolute atomic E-state index is 0.199. The Bertz CT molecular complexity index is 1070. The van der Waals surface area contributed by atoms with E-state index in [9.17, 15) is 14.4 Å². The van der Waals surface area contributed by atoms with E-state index in [4.69, 9.17) is 4.74 Å². The molecule has 7 nitrogen and oxygen atoms in total. The van der Waals surface area contributed by atoms with Crippen LogP contribution in [0, 0.1) is 0 Å². The lowest BCUT2D eigenvalue weighted by Gasteiger charge is -2.18. The highest BCUT2D eigenvalue weighted by Crippen LogP contribution is 2.24. The van der Waals surface area contributed by atoms with Crippen LogP contribution in [0.25, 0.3) is 10.9 Å². The highest BCUT2D eigenvalue weighted by molar-refractivity contribution is 5.81. The number of para-hydroxylation sites is 2. The van der Waals surface area contributed by atoms with Crippen molar-refractivity contribution in [3.05, 3.63) is 74.9 Å². The summed E-state index contributed by atoms with van der Waals surface area (Å²) >= 11 is 0. The van der Waals surface area contributed by atoms with Gasteiger partial charge in [-0.05, 0) is 25.1 Å². The number of aromatic amines is 1. The topological polar surface area (TPSA) is 93.2 Å². The normalized spacial score (nSPS) is 11.9. The van der Waals surface area contributed by atoms with E-state index in [0.717, 1.165) is 5.56 Å². The van der Waals surface area contributed by atoms with E-state index in [0.29, 0.717) is 16.7 Å². The van der Waals surface area contributed by atoms with Crippen LogP contribution < -0.4 is 21.3 Å². The molecule has 134 valence electrons. The van der Waals surface area contributed by atoms with Crippen LogP contribution >= 0.6 is 0 Å². The van der Waals surface area contributed by atoms with E-state index < -0.39 is 11.2 Å². The van der Waals surface area contributed by atoms with Gasteiger partial charge in [0.25, 0.3) is 5.56 Å². The number of benzene rings is 2. The second-order valence-corrected chi connectivity index (χ2v) is 5.89. The second kappa shape index (κ2) is 7.26. The van der Waals surface area contributed by atoms with Crippen LogP contribution in [-0.4, -0.2) is 22.6 Å². The molecule has 0 bridgehead atoms. The summed E-state index contributed by atoms with van der Waals surface area (Å²) in [6.45, 7) is 1.64. The van der Waals surface area contributed by atoms with Gasteiger partial charge in [-0.2, -0.15) is 0 Å². The molecule has 2 N–H and O–H groups in total. The van der Waals surface area contributed by atoms with Gasteiger partial charge < -0.3 is 10.1 Å². The number of fused-ring (bicyclic) bond motifs is 1. The molecule has 0 fully saturated rings. The van der Waals surface area contributed by atoms with Crippen LogP contribution in [0.3, 0.4) is 0 Å². The third kappa shape index (κ3) is 3.37. The van der Waals surface area contributed by atoms with Gasteiger partial charge in [-0.1, -0.05) is 30.3 Å². The summed E-state index contributed by atoms with van der Waals surface area (Å²) in [4.78, 5) is 38.8. The number of H-pyrrole nitrogens is 1. The van der Waals surface area contributed by atoms with Gasteiger partial charge in [0.15, 0.2) is 0 Å². The summed E-state index contributed by atoms with van der Waals surface area (Å²) < 4.78 is 6.56. The molecule has 0 saturated heterocycles. The Morgan fingerprint density at radius 2 is 1.85 bits per heavy atom. The molecule has 0 radical (unpaired) electrons. The van der Waals surface area contributed by atoms with E-state index in [1.165, 1.54) is 4.57 Å². The molecule has 3 rings (SSSR count). The monoisotopic (exact) mass is 353 g/mol. The number of ether oxygens (including phenoxy) is 1. The Balaban J connectivity index is 1.86. The number of carbonyl (C=O) groups is 1. The minimum Gasteiger partial charge on any atom is -0.496 e. The van der Waals surface area contributed by atoms with Crippen LogP contribution in [0.15, 0.2) is 58.1 Å². The molecule has 1 atom stereocenters. The summed E-state index contributed by atoms with van der Waals surface area (Å²) in [6.07, 6.45) is 0. The molecule has 7 heteroatoms. The number of carbonyl (C=O) groups excluding carboxylic acids is 1. The van der Waals surface area contributed by atoms with E-state index >= 15 is 0 Å². The molecule has 0 unspecified atom stereocenters. The lowest BCUT2D eigenvalue weighted by atomic mass is 10.1. The van der Waals surface area contributed by atoms with Crippen molar-refractivity contribution in [3.8, 4) is 5.75 Å². The second-order valence-electron chi connectivity index (χ2n) is 5.89. The maximum atomic E-state index is 12.5. The Morgan fingerprint density at radius 3 is 2.62 bits per heavy atom. The molecule has 1 amide bonds. The minimum atomic E-state index is -0.617. The molecule has 26 heavy (non-hydrogen) atoms. The molecule has 0 aliphatic heterocycles. The van der Waals surface area contributed by atoms with Gasteiger partial charge in [0, 0.05) is 5.56 Å². The Hall–Kier alpha value is -3.35. The number of hydrogen-bond donors (Lipinski definition) is 2. The van der Waals surface area contributed by atoms with Crippen molar-refractivity contribution in [1.82, 2.24) is 14.9 Å². The molecule has 2 aromatic carbocycles. The fraction of sp³-hybridized carbons (Fsp3) is 0.211. The average molecular weight is 353 g/mol. The molecule has 0 saturated carbocycles. The SMILES string of the molecule is COc1ccccc1[C@@H](C)NC(=O)Cn1c(=O)[nH]c(=O)c2ccccc21. The first kappa shape index (κ1) is 17.5. The molecule has 0 aliphatic carbocycles. The lowest BCUT2D eigenvalue weighted by molar-refractivity contribution is -0.122. The number of hydrogen-bond acceptors (Lipinski definition) is 4.